The van der Waals surface area contributed by atoms with E-state index in [-0.39, 0.29) is 0 Å². The molecule has 0 amide bonds. The fourth-order valence-electron chi connectivity index (χ4n) is 3.70. The lowest BCUT2D eigenvalue weighted by atomic mass is 9.74. The molecule has 1 aliphatic carbocycles. The Morgan fingerprint density at radius 3 is 2.95 bits per heavy atom. The van der Waals surface area contributed by atoms with Crippen molar-refractivity contribution in [3.05, 3.63) is 35.0 Å². The average Bonchev–Trinajstić information content (AvgIpc) is 2.81. The molecule has 3 rings (SSSR count). The molecule has 2 aromatic rings. The fraction of sp³-hybridized carbons (Fsp3) is 0.556. The molecular weight excluding hydrogens is 284 g/mol. The van der Waals surface area contributed by atoms with Crippen LogP contribution in [0.5, 0.6) is 0 Å². The quantitative estimate of drug-likeness (QED) is 0.811. The second kappa shape index (κ2) is 5.66. The zero-order valence-electron chi connectivity index (χ0n) is 12.7. The van der Waals surface area contributed by atoms with Gasteiger partial charge in [0.25, 0.3) is 0 Å². The molecule has 0 saturated heterocycles. The van der Waals surface area contributed by atoms with Crippen molar-refractivity contribution in [1.29, 1.82) is 0 Å². The third-order valence-corrected chi connectivity index (χ3v) is 4.81. The van der Waals surface area contributed by atoms with Crippen LogP contribution in [0.15, 0.2) is 28.7 Å². The van der Waals surface area contributed by atoms with E-state index in [0.29, 0.717) is 22.6 Å². The molecule has 2 atom stereocenters. The van der Waals surface area contributed by atoms with Crippen LogP contribution in [0.2, 0.25) is 5.02 Å². The molecule has 2 nitrogen and oxygen atoms in total. The number of benzene rings is 1. The number of furan rings is 1. The smallest absolute Gasteiger partial charge is 0.136 e. The SMILES string of the molecule is CC(C)CC1CCCC(O)(c2cc3cc(Cl)ccc3o2)C1. The van der Waals surface area contributed by atoms with E-state index in [9.17, 15) is 5.11 Å². The molecule has 1 aromatic heterocycles. The van der Waals surface area contributed by atoms with Gasteiger partial charge in [-0.1, -0.05) is 31.9 Å². The summed E-state index contributed by atoms with van der Waals surface area (Å²) in [4.78, 5) is 0. The molecule has 1 N–H and O–H groups in total. The van der Waals surface area contributed by atoms with Gasteiger partial charge >= 0.3 is 0 Å². The second-order valence-electron chi connectivity index (χ2n) is 6.92. The molecule has 1 aromatic carbocycles. The molecule has 0 spiro atoms. The lowest BCUT2D eigenvalue weighted by Gasteiger charge is -2.36. The van der Waals surface area contributed by atoms with Crippen LogP contribution in [0, 0.1) is 11.8 Å². The van der Waals surface area contributed by atoms with Crippen molar-refractivity contribution < 1.29 is 9.52 Å². The number of hydrogen-bond acceptors (Lipinski definition) is 2. The van der Waals surface area contributed by atoms with Crippen molar-refractivity contribution in [1.82, 2.24) is 0 Å². The Morgan fingerprint density at radius 2 is 2.19 bits per heavy atom. The van der Waals surface area contributed by atoms with Gasteiger partial charge in [0.2, 0.25) is 0 Å². The highest BCUT2D eigenvalue weighted by molar-refractivity contribution is 6.31. The first kappa shape index (κ1) is 14.9. The summed E-state index contributed by atoms with van der Waals surface area (Å²) < 4.78 is 5.91. The molecule has 1 aliphatic rings. The summed E-state index contributed by atoms with van der Waals surface area (Å²) in [6, 6.07) is 7.54. The van der Waals surface area contributed by atoms with Gasteiger partial charge in [-0.2, -0.15) is 0 Å². The Labute approximate surface area is 131 Å². The minimum atomic E-state index is -0.816. The summed E-state index contributed by atoms with van der Waals surface area (Å²) in [7, 11) is 0. The lowest BCUT2D eigenvalue weighted by molar-refractivity contribution is -0.0404. The summed E-state index contributed by atoms with van der Waals surface area (Å²) in [5, 5.41) is 12.7. The van der Waals surface area contributed by atoms with Gasteiger partial charge in [-0.15, -0.1) is 0 Å². The van der Waals surface area contributed by atoms with Crippen LogP contribution in [0.3, 0.4) is 0 Å². The Bertz CT molecular complexity index is 631. The number of halogens is 1. The van der Waals surface area contributed by atoms with E-state index in [1.807, 2.05) is 24.3 Å². The first-order valence-corrected chi connectivity index (χ1v) is 8.26. The standard InChI is InChI=1S/C18H23ClO2/c1-12(2)8-13-4-3-7-18(20,11-13)17-10-14-9-15(19)5-6-16(14)21-17/h5-6,9-10,12-13,20H,3-4,7-8,11H2,1-2H3. The largest absolute Gasteiger partial charge is 0.458 e. The predicted molar refractivity (Wildman–Crippen MR) is 86.5 cm³/mol. The maximum atomic E-state index is 11.1. The Balaban J connectivity index is 1.88. The van der Waals surface area contributed by atoms with Gasteiger partial charge in [0, 0.05) is 10.4 Å². The summed E-state index contributed by atoms with van der Waals surface area (Å²) in [5.41, 5.74) is -0.0163. The van der Waals surface area contributed by atoms with Gasteiger partial charge in [0.05, 0.1) is 0 Å². The van der Waals surface area contributed by atoms with Crippen LogP contribution in [-0.2, 0) is 5.60 Å². The van der Waals surface area contributed by atoms with Crippen LogP contribution in [0.4, 0.5) is 0 Å². The molecule has 1 saturated carbocycles. The third-order valence-electron chi connectivity index (χ3n) is 4.57. The van der Waals surface area contributed by atoms with Crippen LogP contribution < -0.4 is 0 Å². The highest BCUT2D eigenvalue weighted by Gasteiger charge is 2.38. The molecular formula is C18H23ClO2. The van der Waals surface area contributed by atoms with Gasteiger partial charge < -0.3 is 9.52 Å². The average molecular weight is 307 g/mol. The topological polar surface area (TPSA) is 33.4 Å². The highest BCUT2D eigenvalue weighted by atomic mass is 35.5. The van der Waals surface area contributed by atoms with E-state index < -0.39 is 5.60 Å². The van der Waals surface area contributed by atoms with Crippen LogP contribution in [-0.4, -0.2) is 5.11 Å². The number of hydrogen-bond donors (Lipinski definition) is 1. The number of fused-ring (bicyclic) bond motifs is 1. The fourth-order valence-corrected chi connectivity index (χ4v) is 3.88. The van der Waals surface area contributed by atoms with Gasteiger partial charge in [-0.3, -0.25) is 0 Å². The maximum Gasteiger partial charge on any atom is 0.136 e. The number of rotatable bonds is 3. The van der Waals surface area contributed by atoms with E-state index in [2.05, 4.69) is 13.8 Å². The second-order valence-corrected chi connectivity index (χ2v) is 7.35. The number of aliphatic hydroxyl groups is 1. The Morgan fingerprint density at radius 1 is 1.38 bits per heavy atom. The van der Waals surface area contributed by atoms with Crippen LogP contribution >= 0.6 is 11.6 Å². The molecule has 0 radical (unpaired) electrons. The van der Waals surface area contributed by atoms with Crippen molar-refractivity contribution in [3.8, 4) is 0 Å². The monoisotopic (exact) mass is 306 g/mol. The van der Waals surface area contributed by atoms with Gasteiger partial charge in [0.15, 0.2) is 0 Å². The van der Waals surface area contributed by atoms with Crippen molar-refractivity contribution in [3.63, 3.8) is 0 Å². The zero-order valence-corrected chi connectivity index (χ0v) is 13.5. The summed E-state index contributed by atoms with van der Waals surface area (Å²) in [6.07, 6.45) is 5.04. The van der Waals surface area contributed by atoms with Crippen molar-refractivity contribution in [2.75, 3.05) is 0 Å². The zero-order chi connectivity index (χ0) is 15.0. The summed E-state index contributed by atoms with van der Waals surface area (Å²) in [5.74, 6) is 1.96. The van der Waals surface area contributed by atoms with Gasteiger partial charge in [-0.05, 0) is 61.8 Å². The molecule has 0 aliphatic heterocycles. The van der Waals surface area contributed by atoms with Crippen molar-refractivity contribution >= 4 is 22.6 Å². The first-order chi connectivity index (χ1) is 9.96. The molecule has 1 fully saturated rings. The van der Waals surface area contributed by atoms with E-state index in [4.69, 9.17) is 16.0 Å². The van der Waals surface area contributed by atoms with E-state index in [0.717, 1.165) is 30.2 Å². The molecule has 1 heterocycles. The van der Waals surface area contributed by atoms with Crippen molar-refractivity contribution in [2.45, 2.75) is 51.6 Å². The third kappa shape index (κ3) is 3.12. The molecule has 21 heavy (non-hydrogen) atoms. The van der Waals surface area contributed by atoms with Crippen LogP contribution in [0.25, 0.3) is 11.0 Å². The minimum Gasteiger partial charge on any atom is -0.458 e. The molecule has 114 valence electrons. The molecule has 0 bridgehead atoms. The minimum absolute atomic E-state index is 0.584. The normalized spacial score (nSPS) is 26.6. The van der Waals surface area contributed by atoms with Gasteiger partial charge in [-0.25, -0.2) is 0 Å². The highest BCUT2D eigenvalue weighted by Crippen LogP contribution is 2.43. The first-order valence-electron chi connectivity index (χ1n) is 7.88. The maximum absolute atomic E-state index is 11.1. The molecule has 2 unspecified atom stereocenters. The van der Waals surface area contributed by atoms with Gasteiger partial charge in [0.1, 0.15) is 16.9 Å². The van der Waals surface area contributed by atoms with E-state index >= 15 is 0 Å². The lowest BCUT2D eigenvalue weighted by Crippen LogP contribution is -2.32. The van der Waals surface area contributed by atoms with Crippen molar-refractivity contribution in [2.24, 2.45) is 11.8 Å². The summed E-state index contributed by atoms with van der Waals surface area (Å²) >= 11 is 6.02. The summed E-state index contributed by atoms with van der Waals surface area (Å²) in [6.45, 7) is 4.49. The molecule has 3 heteroatoms. The van der Waals surface area contributed by atoms with E-state index in [1.165, 1.54) is 12.8 Å². The van der Waals surface area contributed by atoms with Crippen LogP contribution in [0.1, 0.15) is 51.7 Å². The Kier molecular flexibility index (Phi) is 4.02. The van der Waals surface area contributed by atoms with E-state index in [1.54, 1.807) is 0 Å². The predicted octanol–water partition coefficient (Wildman–Crippen LogP) is 5.51. The Hall–Kier alpha value is -0.990.